The Morgan fingerprint density at radius 1 is 1.20 bits per heavy atom. The first kappa shape index (κ1) is 13.6. The predicted molar refractivity (Wildman–Crippen MR) is 74.2 cm³/mol. The molecule has 20 heavy (non-hydrogen) atoms. The predicted octanol–water partition coefficient (Wildman–Crippen LogP) is 1.53. The molecular weight excluding hydrogens is 280 g/mol. The number of nitrogens with zero attached hydrogens (tertiary/aromatic N) is 2. The van der Waals surface area contributed by atoms with Gasteiger partial charge in [-0.2, -0.15) is 0 Å². The van der Waals surface area contributed by atoms with Gasteiger partial charge in [-0.3, -0.25) is 4.90 Å². The zero-order valence-electron chi connectivity index (χ0n) is 10.7. The third-order valence-corrected chi connectivity index (χ3v) is 3.63. The Kier molecular flexibility index (Phi) is 3.76. The molecule has 1 aliphatic heterocycles. The van der Waals surface area contributed by atoms with Crippen LogP contribution in [-0.2, 0) is 6.54 Å². The summed E-state index contributed by atoms with van der Waals surface area (Å²) in [6.45, 7) is 1.33. The van der Waals surface area contributed by atoms with E-state index >= 15 is 0 Å². The minimum atomic E-state index is -0.694. The van der Waals surface area contributed by atoms with Crippen molar-refractivity contribution in [1.82, 2.24) is 9.88 Å². The highest BCUT2D eigenvalue weighted by atomic mass is 35.5. The molecule has 0 aliphatic carbocycles. The van der Waals surface area contributed by atoms with Crippen molar-refractivity contribution in [3.8, 4) is 11.3 Å². The molecule has 0 amide bonds. The van der Waals surface area contributed by atoms with E-state index in [1.807, 2.05) is 17.0 Å². The standard InChI is InChI=1S/C14H15ClN2O3/c15-10-3-1-9(2-4-10)13-5-16-14(20-13)8-17-6-11(18)12(19)7-17/h1-5,11-12,18-19H,6-8H2/t11-,12+. The lowest BCUT2D eigenvalue weighted by molar-refractivity contribution is 0.0572. The maximum Gasteiger partial charge on any atom is 0.209 e. The topological polar surface area (TPSA) is 69.7 Å². The molecule has 3 rings (SSSR count). The second-order valence-electron chi connectivity index (χ2n) is 4.95. The highest BCUT2D eigenvalue weighted by Crippen LogP contribution is 2.23. The van der Waals surface area contributed by atoms with Gasteiger partial charge >= 0.3 is 0 Å². The molecule has 1 aromatic heterocycles. The number of hydrogen-bond acceptors (Lipinski definition) is 5. The molecule has 2 aromatic rings. The fraction of sp³-hybridized carbons (Fsp3) is 0.357. The van der Waals surface area contributed by atoms with Crippen molar-refractivity contribution < 1.29 is 14.6 Å². The molecule has 2 atom stereocenters. The van der Waals surface area contributed by atoms with Gasteiger partial charge in [0.2, 0.25) is 5.89 Å². The number of β-amino-alcohol motifs (C(OH)–C–C–N with tert-alkyl or cyclic N) is 2. The normalized spacial score (nSPS) is 23.4. The van der Waals surface area contributed by atoms with E-state index in [0.29, 0.717) is 36.3 Å². The average Bonchev–Trinajstić information content (AvgIpc) is 2.99. The molecule has 5 nitrogen and oxygen atoms in total. The van der Waals surface area contributed by atoms with Crippen molar-refractivity contribution in [3.05, 3.63) is 41.4 Å². The van der Waals surface area contributed by atoms with Crippen molar-refractivity contribution in [2.75, 3.05) is 13.1 Å². The number of oxazole rings is 1. The molecule has 0 saturated carbocycles. The first-order chi connectivity index (χ1) is 9.61. The Morgan fingerprint density at radius 3 is 2.50 bits per heavy atom. The Bertz CT molecular complexity index is 574. The Hall–Kier alpha value is -1.40. The summed E-state index contributed by atoms with van der Waals surface area (Å²) in [6.07, 6.45) is 0.281. The summed E-state index contributed by atoms with van der Waals surface area (Å²) in [7, 11) is 0. The summed E-state index contributed by atoms with van der Waals surface area (Å²) in [5.74, 6) is 1.24. The lowest BCUT2D eigenvalue weighted by Gasteiger charge is -2.11. The van der Waals surface area contributed by atoms with Crippen molar-refractivity contribution in [1.29, 1.82) is 0 Å². The van der Waals surface area contributed by atoms with E-state index in [9.17, 15) is 10.2 Å². The van der Waals surface area contributed by atoms with Crippen molar-refractivity contribution in [2.24, 2.45) is 0 Å². The Morgan fingerprint density at radius 2 is 1.85 bits per heavy atom. The molecule has 2 N–H and O–H groups in total. The summed E-state index contributed by atoms with van der Waals surface area (Å²) < 4.78 is 5.68. The van der Waals surface area contributed by atoms with Gasteiger partial charge in [0, 0.05) is 23.7 Å². The van der Waals surface area contributed by atoms with Crippen LogP contribution in [0.3, 0.4) is 0 Å². The molecule has 0 radical (unpaired) electrons. The molecule has 2 heterocycles. The SMILES string of the molecule is O[C@@H]1CN(Cc2ncc(-c3ccc(Cl)cc3)o2)C[C@@H]1O. The minimum Gasteiger partial charge on any atom is -0.439 e. The van der Waals surface area contributed by atoms with Crippen LogP contribution in [0.2, 0.25) is 5.02 Å². The summed E-state index contributed by atoms with van der Waals surface area (Å²) >= 11 is 5.84. The van der Waals surface area contributed by atoms with Crippen LogP contribution in [-0.4, -0.2) is 45.4 Å². The van der Waals surface area contributed by atoms with Gasteiger partial charge in [-0.05, 0) is 24.3 Å². The Balaban J connectivity index is 1.69. The highest BCUT2D eigenvalue weighted by Gasteiger charge is 2.30. The van der Waals surface area contributed by atoms with Crippen LogP contribution in [0.1, 0.15) is 5.89 Å². The summed E-state index contributed by atoms with van der Waals surface area (Å²) in [6, 6.07) is 7.34. The summed E-state index contributed by atoms with van der Waals surface area (Å²) in [5.41, 5.74) is 0.912. The highest BCUT2D eigenvalue weighted by molar-refractivity contribution is 6.30. The lowest BCUT2D eigenvalue weighted by atomic mass is 10.2. The van der Waals surface area contributed by atoms with Crippen LogP contribution >= 0.6 is 11.6 Å². The molecule has 0 spiro atoms. The van der Waals surface area contributed by atoms with Crippen LogP contribution in [0.4, 0.5) is 0 Å². The fourth-order valence-corrected chi connectivity index (χ4v) is 2.42. The second-order valence-corrected chi connectivity index (χ2v) is 5.39. The van der Waals surface area contributed by atoms with E-state index in [0.717, 1.165) is 5.56 Å². The number of aliphatic hydroxyl groups is 2. The third kappa shape index (κ3) is 2.86. The van der Waals surface area contributed by atoms with Gasteiger partial charge < -0.3 is 14.6 Å². The van der Waals surface area contributed by atoms with Crippen LogP contribution < -0.4 is 0 Å². The van der Waals surface area contributed by atoms with E-state index < -0.39 is 12.2 Å². The van der Waals surface area contributed by atoms with Crippen LogP contribution in [0, 0.1) is 0 Å². The van der Waals surface area contributed by atoms with Crippen LogP contribution in [0.5, 0.6) is 0 Å². The fourth-order valence-electron chi connectivity index (χ4n) is 2.30. The van der Waals surface area contributed by atoms with Crippen molar-refractivity contribution >= 4 is 11.6 Å². The van der Waals surface area contributed by atoms with Gasteiger partial charge in [0.25, 0.3) is 0 Å². The van der Waals surface area contributed by atoms with E-state index in [1.54, 1.807) is 18.3 Å². The third-order valence-electron chi connectivity index (χ3n) is 3.38. The maximum absolute atomic E-state index is 9.50. The van der Waals surface area contributed by atoms with E-state index in [4.69, 9.17) is 16.0 Å². The number of aliphatic hydroxyl groups excluding tert-OH is 2. The zero-order chi connectivity index (χ0) is 14.1. The quantitative estimate of drug-likeness (QED) is 0.898. The number of aromatic nitrogens is 1. The lowest BCUT2D eigenvalue weighted by Crippen LogP contribution is -2.22. The van der Waals surface area contributed by atoms with E-state index in [1.165, 1.54) is 0 Å². The molecule has 6 heteroatoms. The smallest absolute Gasteiger partial charge is 0.209 e. The van der Waals surface area contributed by atoms with E-state index in [2.05, 4.69) is 4.98 Å². The maximum atomic E-state index is 9.50. The first-order valence-corrected chi connectivity index (χ1v) is 6.79. The molecule has 106 valence electrons. The molecule has 1 aromatic carbocycles. The number of likely N-dealkylation sites (tertiary alicyclic amines) is 1. The molecule has 1 saturated heterocycles. The second kappa shape index (κ2) is 5.54. The minimum absolute atomic E-state index is 0.430. The molecule has 0 unspecified atom stereocenters. The van der Waals surface area contributed by atoms with Crippen LogP contribution in [0.15, 0.2) is 34.9 Å². The number of benzene rings is 1. The van der Waals surface area contributed by atoms with Gasteiger partial charge in [-0.25, -0.2) is 4.98 Å². The molecule has 1 aliphatic rings. The van der Waals surface area contributed by atoms with Crippen LogP contribution in [0.25, 0.3) is 11.3 Å². The van der Waals surface area contributed by atoms with E-state index in [-0.39, 0.29) is 0 Å². The monoisotopic (exact) mass is 294 g/mol. The first-order valence-electron chi connectivity index (χ1n) is 6.41. The molecular formula is C14H15ClN2O3. The number of rotatable bonds is 3. The van der Waals surface area contributed by atoms with Crippen molar-refractivity contribution in [2.45, 2.75) is 18.8 Å². The van der Waals surface area contributed by atoms with Crippen molar-refractivity contribution in [3.63, 3.8) is 0 Å². The van der Waals surface area contributed by atoms with Gasteiger partial charge in [-0.1, -0.05) is 11.6 Å². The van der Waals surface area contributed by atoms with Gasteiger partial charge in [0.15, 0.2) is 5.76 Å². The van der Waals surface area contributed by atoms with Gasteiger partial charge in [0.05, 0.1) is 24.9 Å². The zero-order valence-corrected chi connectivity index (χ0v) is 11.5. The largest absolute Gasteiger partial charge is 0.439 e. The van der Waals surface area contributed by atoms with Gasteiger partial charge in [-0.15, -0.1) is 0 Å². The molecule has 1 fully saturated rings. The summed E-state index contributed by atoms with van der Waals surface area (Å²) in [5, 5.41) is 19.7. The van der Waals surface area contributed by atoms with Gasteiger partial charge in [0.1, 0.15) is 0 Å². The average molecular weight is 295 g/mol. The number of halogens is 1. The Labute approximate surface area is 121 Å². The number of hydrogen-bond donors (Lipinski definition) is 2. The molecule has 0 bridgehead atoms. The summed E-state index contributed by atoms with van der Waals surface area (Å²) in [4.78, 5) is 6.13.